The molecule has 9 rings (SSSR count). The van der Waals surface area contributed by atoms with Gasteiger partial charge in [-0.2, -0.15) is 0 Å². The Balaban J connectivity index is 1.29. The fraction of sp³-hybridized carbons (Fsp3) is 0.0270. The molecule has 2 nitrogen and oxygen atoms in total. The highest BCUT2D eigenvalue weighted by Crippen LogP contribution is 2.38. The summed E-state index contributed by atoms with van der Waals surface area (Å²) in [5.74, 6) is 0. The van der Waals surface area contributed by atoms with Crippen molar-refractivity contribution < 1.29 is 0 Å². The molecule has 7 aromatic rings. The van der Waals surface area contributed by atoms with Crippen molar-refractivity contribution in [3.63, 3.8) is 0 Å². The fourth-order valence-corrected chi connectivity index (χ4v) is 7.24. The van der Waals surface area contributed by atoms with Crippen LogP contribution in [0.4, 0.5) is 17.1 Å². The molecule has 0 saturated heterocycles. The van der Waals surface area contributed by atoms with Gasteiger partial charge in [-0.05, 0) is 77.0 Å². The van der Waals surface area contributed by atoms with Crippen LogP contribution in [0.15, 0.2) is 140 Å². The summed E-state index contributed by atoms with van der Waals surface area (Å²) in [6.07, 6.45) is 0.937. The van der Waals surface area contributed by atoms with E-state index in [0.717, 1.165) is 6.42 Å². The maximum atomic E-state index is 2.52. The number of rotatable bonds is 3. The molecule has 40 heavy (non-hydrogen) atoms. The van der Waals surface area contributed by atoms with Crippen LogP contribution in [0.2, 0.25) is 0 Å². The van der Waals surface area contributed by atoms with Gasteiger partial charge in [0.1, 0.15) is 0 Å². The molecular weight excluding hydrogens is 483 g/mol. The second-order valence-corrected chi connectivity index (χ2v) is 10.9. The molecule has 1 aromatic heterocycles. The molecular formula is C37H25BN2. The molecule has 0 atom stereocenters. The van der Waals surface area contributed by atoms with Crippen molar-refractivity contribution in [2.45, 2.75) is 6.42 Å². The monoisotopic (exact) mass is 508 g/mol. The van der Waals surface area contributed by atoms with Gasteiger partial charge in [-0.15, -0.1) is 0 Å². The van der Waals surface area contributed by atoms with Crippen LogP contribution in [0.25, 0.3) is 27.5 Å². The molecule has 0 radical (unpaired) electrons. The average Bonchev–Trinajstić information content (AvgIpc) is 3.36. The maximum absolute atomic E-state index is 2.52. The first-order valence-corrected chi connectivity index (χ1v) is 14.0. The van der Waals surface area contributed by atoms with Crippen molar-refractivity contribution in [1.82, 2.24) is 4.57 Å². The van der Waals surface area contributed by atoms with E-state index in [0.29, 0.717) is 0 Å². The minimum atomic E-state index is 0.228. The van der Waals surface area contributed by atoms with E-state index in [9.17, 15) is 0 Å². The van der Waals surface area contributed by atoms with Crippen molar-refractivity contribution in [3.05, 3.63) is 151 Å². The lowest BCUT2D eigenvalue weighted by molar-refractivity contribution is 1.16. The maximum Gasteiger partial charge on any atom is 0.247 e. The minimum absolute atomic E-state index is 0.228. The summed E-state index contributed by atoms with van der Waals surface area (Å²) >= 11 is 0. The third-order valence-electron chi connectivity index (χ3n) is 8.85. The topological polar surface area (TPSA) is 8.17 Å². The third kappa shape index (κ3) is 2.95. The van der Waals surface area contributed by atoms with E-state index in [4.69, 9.17) is 0 Å². The fourth-order valence-electron chi connectivity index (χ4n) is 7.24. The van der Waals surface area contributed by atoms with E-state index in [1.807, 2.05) is 0 Å². The summed E-state index contributed by atoms with van der Waals surface area (Å²) in [5, 5.41) is 2.69. The Kier molecular flexibility index (Phi) is 4.51. The molecule has 0 aliphatic carbocycles. The second kappa shape index (κ2) is 8.24. The summed E-state index contributed by atoms with van der Waals surface area (Å²) < 4.78 is 2.52. The summed E-state index contributed by atoms with van der Waals surface area (Å²) in [4.78, 5) is 2.37. The van der Waals surface area contributed by atoms with Gasteiger partial charge < -0.3 is 9.47 Å². The van der Waals surface area contributed by atoms with Crippen molar-refractivity contribution in [3.8, 4) is 5.69 Å². The Morgan fingerprint density at radius 1 is 0.525 bits per heavy atom. The zero-order valence-corrected chi connectivity index (χ0v) is 22.0. The van der Waals surface area contributed by atoms with E-state index in [2.05, 4.69) is 149 Å². The van der Waals surface area contributed by atoms with Gasteiger partial charge in [0.05, 0.1) is 5.52 Å². The first-order valence-electron chi connectivity index (χ1n) is 14.0. The first-order chi connectivity index (χ1) is 19.9. The van der Waals surface area contributed by atoms with Crippen molar-refractivity contribution in [2.24, 2.45) is 0 Å². The summed E-state index contributed by atoms with van der Waals surface area (Å²) in [6.45, 7) is 0.228. The van der Waals surface area contributed by atoms with Gasteiger partial charge in [0.15, 0.2) is 0 Å². The van der Waals surface area contributed by atoms with Gasteiger partial charge in [-0.25, -0.2) is 0 Å². The number of fused-ring (bicyclic) bond motifs is 8. The smallest absolute Gasteiger partial charge is 0.247 e. The molecule has 6 aromatic carbocycles. The molecule has 0 fully saturated rings. The van der Waals surface area contributed by atoms with E-state index in [-0.39, 0.29) is 6.71 Å². The van der Waals surface area contributed by atoms with Crippen LogP contribution in [0.1, 0.15) is 11.1 Å². The van der Waals surface area contributed by atoms with E-state index in [1.165, 1.54) is 72.1 Å². The van der Waals surface area contributed by atoms with Crippen molar-refractivity contribution >= 4 is 62.0 Å². The quantitative estimate of drug-likeness (QED) is 0.234. The predicted molar refractivity (Wildman–Crippen MR) is 169 cm³/mol. The molecule has 0 spiro atoms. The highest BCUT2D eigenvalue weighted by molar-refractivity contribution is 6.98. The highest BCUT2D eigenvalue weighted by atomic mass is 15.1. The van der Waals surface area contributed by atoms with Crippen molar-refractivity contribution in [2.75, 3.05) is 4.90 Å². The lowest BCUT2D eigenvalue weighted by Gasteiger charge is -2.34. The van der Waals surface area contributed by atoms with Crippen LogP contribution < -0.4 is 21.3 Å². The standard InChI is InChI=1S/C37H25BN2/c1-3-11-27(12-4-1)39(28-13-5-2-6-14-28)29-20-22-32-26(24-29)23-25-19-21-31-30-15-7-9-17-34(30)40-35-18-10-8-16-33(35)38(32)36(25)37(31)40/h1-22,24H,23H2. The Morgan fingerprint density at radius 3 is 2.02 bits per heavy atom. The molecule has 0 unspecified atom stereocenters. The molecule has 3 heteroatoms. The zero-order chi connectivity index (χ0) is 26.2. The Hall–Kier alpha value is -5.02. The number of anilines is 3. The molecule has 0 amide bonds. The van der Waals surface area contributed by atoms with Crippen LogP contribution in [0, 0.1) is 0 Å². The molecule has 2 aliphatic rings. The highest BCUT2D eigenvalue weighted by Gasteiger charge is 2.38. The van der Waals surface area contributed by atoms with Gasteiger partial charge in [0.25, 0.3) is 0 Å². The average molecular weight is 508 g/mol. The largest absolute Gasteiger partial charge is 0.310 e. The summed E-state index contributed by atoms with van der Waals surface area (Å²) in [7, 11) is 0. The number of para-hydroxylation sites is 4. The van der Waals surface area contributed by atoms with Gasteiger partial charge in [0, 0.05) is 39.0 Å². The van der Waals surface area contributed by atoms with Gasteiger partial charge in [-0.3, -0.25) is 0 Å². The zero-order valence-electron chi connectivity index (χ0n) is 22.0. The normalized spacial score (nSPS) is 12.8. The van der Waals surface area contributed by atoms with Gasteiger partial charge >= 0.3 is 0 Å². The molecule has 186 valence electrons. The SMILES string of the molecule is c1ccc(N(c2ccccc2)c2ccc3c(c2)Cc2ccc4c5ccccc5n5c4c2B3c2ccccc2-5)cc1. The number of benzene rings is 6. The van der Waals surface area contributed by atoms with E-state index < -0.39 is 0 Å². The van der Waals surface area contributed by atoms with Crippen molar-refractivity contribution in [1.29, 1.82) is 0 Å². The van der Waals surface area contributed by atoms with Crippen LogP contribution in [-0.4, -0.2) is 11.3 Å². The lowest BCUT2D eigenvalue weighted by Crippen LogP contribution is -2.60. The molecule has 3 heterocycles. The Labute approximate surface area is 233 Å². The van der Waals surface area contributed by atoms with Crippen LogP contribution in [-0.2, 0) is 6.42 Å². The molecule has 0 saturated carbocycles. The number of hydrogen-bond acceptors (Lipinski definition) is 1. The first kappa shape index (κ1) is 21.9. The van der Waals surface area contributed by atoms with Gasteiger partial charge in [-0.1, -0.05) is 96.5 Å². The number of hydrogen-bond donors (Lipinski definition) is 0. The van der Waals surface area contributed by atoms with E-state index in [1.54, 1.807) is 0 Å². The van der Waals surface area contributed by atoms with Gasteiger partial charge in [0.2, 0.25) is 6.71 Å². The predicted octanol–water partition coefficient (Wildman–Crippen LogP) is 6.99. The number of aromatic nitrogens is 1. The molecule has 0 N–H and O–H groups in total. The second-order valence-electron chi connectivity index (χ2n) is 10.9. The molecule has 0 bridgehead atoms. The van der Waals surface area contributed by atoms with E-state index >= 15 is 0 Å². The van der Waals surface area contributed by atoms with Crippen LogP contribution in [0.5, 0.6) is 0 Å². The molecule has 2 aliphatic heterocycles. The Morgan fingerprint density at radius 2 is 1.23 bits per heavy atom. The number of nitrogens with zero attached hydrogens (tertiary/aromatic N) is 2. The third-order valence-corrected chi connectivity index (χ3v) is 8.85. The Bertz CT molecular complexity index is 2050. The summed E-state index contributed by atoms with van der Waals surface area (Å²) in [6, 6.07) is 51.1. The lowest BCUT2D eigenvalue weighted by atomic mass is 9.32. The van der Waals surface area contributed by atoms with Crippen LogP contribution >= 0.6 is 0 Å². The minimum Gasteiger partial charge on any atom is -0.310 e. The van der Waals surface area contributed by atoms with Crippen LogP contribution in [0.3, 0.4) is 0 Å². The summed E-state index contributed by atoms with van der Waals surface area (Å²) in [5.41, 5.74) is 14.6.